The Morgan fingerprint density at radius 1 is 1.17 bits per heavy atom. The van der Waals surface area contributed by atoms with Gasteiger partial charge in [-0.3, -0.25) is 4.98 Å². The van der Waals surface area contributed by atoms with Crippen molar-refractivity contribution in [2.24, 2.45) is 5.41 Å². The van der Waals surface area contributed by atoms with Crippen LogP contribution in [0.5, 0.6) is 11.5 Å². The van der Waals surface area contributed by atoms with Crippen LogP contribution in [-0.2, 0) is 6.42 Å². The van der Waals surface area contributed by atoms with E-state index in [4.69, 9.17) is 21.1 Å². The second kappa shape index (κ2) is 11.7. The van der Waals surface area contributed by atoms with Crippen LogP contribution < -0.4 is 14.8 Å². The highest BCUT2D eigenvalue weighted by Crippen LogP contribution is 2.40. The lowest BCUT2D eigenvalue weighted by atomic mass is 9.69. The predicted octanol–water partition coefficient (Wildman–Crippen LogP) is 5.84. The molecule has 2 heterocycles. The summed E-state index contributed by atoms with van der Waals surface area (Å²) >= 11 is 6.52. The van der Waals surface area contributed by atoms with E-state index in [0.29, 0.717) is 17.5 Å². The molecule has 1 atom stereocenters. The van der Waals surface area contributed by atoms with Gasteiger partial charge in [0.15, 0.2) is 11.6 Å². The number of aryl methyl sites for hydroxylation is 1. The lowest BCUT2D eigenvalue weighted by Gasteiger charge is -2.42. The molecule has 0 spiro atoms. The number of nitrogens with one attached hydrogen (secondary N) is 1. The molecular formula is C27H30ClF3N2O3. The van der Waals surface area contributed by atoms with Crippen LogP contribution in [0.4, 0.5) is 13.2 Å². The molecule has 1 aliphatic heterocycles. The van der Waals surface area contributed by atoms with E-state index in [1.165, 1.54) is 0 Å². The van der Waals surface area contributed by atoms with Gasteiger partial charge in [-0.15, -0.1) is 0 Å². The second-order valence-corrected chi connectivity index (χ2v) is 9.69. The Bertz CT molecular complexity index is 1200. The molecule has 0 bridgehead atoms. The smallest absolute Gasteiger partial charge is 0.200 e. The van der Waals surface area contributed by atoms with E-state index in [1.54, 1.807) is 13.3 Å². The fourth-order valence-corrected chi connectivity index (χ4v) is 5.34. The number of fused-ring (bicyclic) bond motifs is 1. The van der Waals surface area contributed by atoms with Gasteiger partial charge in [-0.25, -0.2) is 8.78 Å². The number of nitrogens with zero attached hydrogens (tertiary/aromatic N) is 1. The molecule has 0 saturated carbocycles. The first-order chi connectivity index (χ1) is 17.3. The third-order valence-electron chi connectivity index (χ3n) is 7.15. The Labute approximate surface area is 213 Å². The number of aromatic nitrogens is 1. The fourth-order valence-electron chi connectivity index (χ4n) is 5.10. The number of aliphatic hydroxyl groups excluding tert-OH is 1. The Morgan fingerprint density at radius 3 is 2.69 bits per heavy atom. The van der Waals surface area contributed by atoms with E-state index in [2.05, 4.69) is 10.3 Å². The summed E-state index contributed by atoms with van der Waals surface area (Å²) < 4.78 is 51.4. The molecular weight excluding hydrogens is 493 g/mol. The number of piperidine rings is 1. The lowest BCUT2D eigenvalue weighted by Crippen LogP contribution is -2.45. The molecule has 5 nitrogen and oxygen atoms in total. The molecule has 1 aliphatic rings. The summed E-state index contributed by atoms with van der Waals surface area (Å²) in [6, 6.07) is 6.97. The van der Waals surface area contributed by atoms with Gasteiger partial charge in [-0.1, -0.05) is 11.6 Å². The van der Waals surface area contributed by atoms with Crippen molar-refractivity contribution in [1.82, 2.24) is 10.3 Å². The van der Waals surface area contributed by atoms with Crippen LogP contribution in [0.15, 0.2) is 36.5 Å². The van der Waals surface area contributed by atoms with E-state index in [0.717, 1.165) is 67.1 Å². The van der Waals surface area contributed by atoms with Crippen LogP contribution >= 0.6 is 11.6 Å². The van der Waals surface area contributed by atoms with Crippen molar-refractivity contribution in [3.8, 4) is 11.5 Å². The van der Waals surface area contributed by atoms with Crippen molar-refractivity contribution in [3.63, 3.8) is 0 Å². The highest BCUT2D eigenvalue weighted by Gasteiger charge is 2.38. The molecule has 0 radical (unpaired) electrons. The third kappa shape index (κ3) is 5.88. The molecule has 194 valence electrons. The first-order valence-corrected chi connectivity index (χ1v) is 12.5. The predicted molar refractivity (Wildman–Crippen MR) is 133 cm³/mol. The van der Waals surface area contributed by atoms with Crippen LogP contribution in [-0.4, -0.2) is 43.0 Å². The van der Waals surface area contributed by atoms with Gasteiger partial charge in [0.25, 0.3) is 0 Å². The number of benzene rings is 2. The summed E-state index contributed by atoms with van der Waals surface area (Å²) in [4.78, 5) is 4.41. The first kappa shape index (κ1) is 26.5. The molecule has 2 N–H and O–H groups in total. The van der Waals surface area contributed by atoms with Gasteiger partial charge < -0.3 is 19.9 Å². The maximum Gasteiger partial charge on any atom is 0.200 e. The normalized spacial score (nSPS) is 16.2. The topological polar surface area (TPSA) is 63.6 Å². The minimum atomic E-state index is -1.31. The Hall–Kier alpha value is -2.55. The minimum Gasteiger partial charge on any atom is -0.497 e. The lowest BCUT2D eigenvalue weighted by molar-refractivity contribution is -0.0191. The van der Waals surface area contributed by atoms with Crippen molar-refractivity contribution in [1.29, 1.82) is 0 Å². The molecule has 3 aromatic rings. The largest absolute Gasteiger partial charge is 0.497 e. The number of hydrogen-bond acceptors (Lipinski definition) is 5. The van der Waals surface area contributed by atoms with Gasteiger partial charge in [0, 0.05) is 30.1 Å². The third-order valence-corrected chi connectivity index (χ3v) is 7.48. The average molecular weight is 523 g/mol. The summed E-state index contributed by atoms with van der Waals surface area (Å²) in [5.74, 6) is -3.22. The van der Waals surface area contributed by atoms with Gasteiger partial charge in [0.05, 0.1) is 30.4 Å². The Kier molecular flexibility index (Phi) is 8.59. The van der Waals surface area contributed by atoms with E-state index >= 15 is 0 Å². The number of aliphatic hydroxyl groups is 1. The maximum atomic E-state index is 13.9. The highest BCUT2D eigenvalue weighted by molar-refractivity contribution is 6.32. The van der Waals surface area contributed by atoms with Crippen molar-refractivity contribution in [3.05, 3.63) is 64.6 Å². The number of ether oxygens (including phenoxy) is 2. The zero-order chi connectivity index (χ0) is 25.7. The minimum absolute atomic E-state index is 0.0588. The number of pyridine rings is 1. The quantitative estimate of drug-likeness (QED) is 0.328. The molecule has 9 heteroatoms. The van der Waals surface area contributed by atoms with Crippen molar-refractivity contribution in [2.75, 3.05) is 26.8 Å². The average Bonchev–Trinajstić information content (AvgIpc) is 2.88. The van der Waals surface area contributed by atoms with Crippen molar-refractivity contribution in [2.45, 2.75) is 44.6 Å². The van der Waals surface area contributed by atoms with Gasteiger partial charge in [-0.2, -0.15) is 4.39 Å². The van der Waals surface area contributed by atoms with Crippen LogP contribution in [0, 0.1) is 22.9 Å². The number of hydrogen-bond donors (Lipinski definition) is 2. The number of halogens is 4. The zero-order valence-electron chi connectivity index (χ0n) is 20.1. The van der Waals surface area contributed by atoms with Crippen LogP contribution in [0.3, 0.4) is 0 Å². The molecule has 0 amide bonds. The fraction of sp³-hybridized carbons (Fsp3) is 0.444. The van der Waals surface area contributed by atoms with Crippen LogP contribution in [0.25, 0.3) is 10.9 Å². The molecule has 0 aliphatic carbocycles. The van der Waals surface area contributed by atoms with E-state index < -0.39 is 29.3 Å². The summed E-state index contributed by atoms with van der Waals surface area (Å²) in [6.07, 6.45) is 4.95. The summed E-state index contributed by atoms with van der Waals surface area (Å²) in [5.41, 5.74) is 1.48. The van der Waals surface area contributed by atoms with Gasteiger partial charge >= 0.3 is 0 Å². The molecule has 1 fully saturated rings. The second-order valence-electron chi connectivity index (χ2n) is 9.29. The molecule has 36 heavy (non-hydrogen) atoms. The van der Waals surface area contributed by atoms with E-state index in [9.17, 15) is 18.3 Å². The first-order valence-electron chi connectivity index (χ1n) is 12.1. The SMILES string of the molecule is COc1ccc2ncc(Cl)c(CCCC3(C(O)CCOc4cc(F)cc(F)c4F)CCNCC3)c2c1. The maximum absolute atomic E-state index is 13.9. The number of methoxy groups -OCH3 is 1. The number of rotatable bonds is 10. The Balaban J connectivity index is 1.43. The summed E-state index contributed by atoms with van der Waals surface area (Å²) in [6.45, 7) is 1.49. The molecule has 1 aromatic heterocycles. The van der Waals surface area contributed by atoms with Gasteiger partial charge in [0.2, 0.25) is 5.82 Å². The summed E-state index contributed by atoms with van der Waals surface area (Å²) in [5, 5.41) is 16.0. The molecule has 2 aromatic carbocycles. The van der Waals surface area contributed by atoms with Crippen molar-refractivity contribution < 1.29 is 27.8 Å². The van der Waals surface area contributed by atoms with Crippen LogP contribution in [0.2, 0.25) is 5.02 Å². The molecule has 1 saturated heterocycles. The van der Waals surface area contributed by atoms with Crippen LogP contribution in [0.1, 0.15) is 37.7 Å². The zero-order valence-corrected chi connectivity index (χ0v) is 20.9. The van der Waals surface area contributed by atoms with Gasteiger partial charge in [-0.05, 0) is 74.4 Å². The highest BCUT2D eigenvalue weighted by atomic mass is 35.5. The molecule has 1 unspecified atom stereocenters. The van der Waals surface area contributed by atoms with E-state index in [-0.39, 0.29) is 18.4 Å². The Morgan fingerprint density at radius 2 is 1.94 bits per heavy atom. The van der Waals surface area contributed by atoms with Gasteiger partial charge in [0.1, 0.15) is 11.6 Å². The standard InChI is InChI=1S/C27H30ClF3N2O3/c1-35-18-4-5-23-20(15-18)19(21(28)16-33-23)3-2-7-27(8-10-32-11-9-27)25(34)6-12-36-24-14-17(29)13-22(30)26(24)31/h4-5,13-16,25,32,34H,2-3,6-12H2,1H3. The molecule has 4 rings (SSSR count). The monoisotopic (exact) mass is 522 g/mol. The summed E-state index contributed by atoms with van der Waals surface area (Å²) in [7, 11) is 1.62. The van der Waals surface area contributed by atoms with E-state index in [1.807, 2.05) is 18.2 Å². The van der Waals surface area contributed by atoms with Crippen molar-refractivity contribution >= 4 is 22.5 Å².